The van der Waals surface area contributed by atoms with Gasteiger partial charge in [0.25, 0.3) is 0 Å². The monoisotopic (exact) mass is 163 g/mol. The molecule has 1 aliphatic carbocycles. The molecule has 0 aromatic heterocycles. The number of aliphatic hydroxyl groups excluding tert-OH is 1. The van der Waals surface area contributed by atoms with E-state index in [1.807, 2.05) is 0 Å². The van der Waals surface area contributed by atoms with Crippen molar-refractivity contribution in [2.45, 2.75) is 38.3 Å². The van der Waals surface area contributed by atoms with Crippen molar-refractivity contribution in [3.8, 4) is 0 Å². The summed E-state index contributed by atoms with van der Waals surface area (Å²) >= 11 is 5.46. The van der Waals surface area contributed by atoms with E-state index in [1.54, 1.807) is 0 Å². The summed E-state index contributed by atoms with van der Waals surface area (Å²) in [6, 6.07) is 0.0930. The lowest BCUT2D eigenvalue weighted by Gasteiger charge is -2.31. The Balaban J connectivity index is 2.45. The Morgan fingerprint density at radius 1 is 1.50 bits per heavy atom. The summed E-state index contributed by atoms with van der Waals surface area (Å²) in [5.41, 5.74) is 0. The molecular formula is C7H14ClNO. The quantitative estimate of drug-likeness (QED) is 0.571. The van der Waals surface area contributed by atoms with E-state index in [2.05, 4.69) is 11.8 Å². The first-order valence-electron chi connectivity index (χ1n) is 3.80. The van der Waals surface area contributed by atoms with Crippen LogP contribution in [0, 0.1) is 5.92 Å². The first-order valence-corrected chi connectivity index (χ1v) is 4.17. The molecule has 2 N–H and O–H groups in total. The summed E-state index contributed by atoms with van der Waals surface area (Å²) < 4.78 is 0. The molecule has 0 radical (unpaired) electrons. The summed E-state index contributed by atoms with van der Waals surface area (Å²) in [6.07, 6.45) is 2.93. The van der Waals surface area contributed by atoms with Crippen LogP contribution in [0.5, 0.6) is 0 Å². The molecule has 60 valence electrons. The van der Waals surface area contributed by atoms with Crippen LogP contribution in [0.2, 0.25) is 0 Å². The van der Waals surface area contributed by atoms with Crippen molar-refractivity contribution in [3.05, 3.63) is 0 Å². The van der Waals surface area contributed by atoms with E-state index in [4.69, 9.17) is 11.8 Å². The molecule has 0 aliphatic heterocycles. The lowest BCUT2D eigenvalue weighted by molar-refractivity contribution is 0.0743. The van der Waals surface area contributed by atoms with E-state index in [0.717, 1.165) is 12.8 Å². The number of halogens is 1. The van der Waals surface area contributed by atoms with Gasteiger partial charge in [0, 0.05) is 0 Å². The SMILES string of the molecule is C[C@@H]1CCC[C@@H](O)[C@H]1NCl. The fourth-order valence-corrected chi connectivity index (χ4v) is 1.93. The second kappa shape index (κ2) is 3.56. The lowest BCUT2D eigenvalue weighted by Crippen LogP contribution is -2.43. The fourth-order valence-electron chi connectivity index (χ4n) is 1.57. The Kier molecular flexibility index (Phi) is 2.96. The lowest BCUT2D eigenvalue weighted by atomic mass is 9.84. The summed E-state index contributed by atoms with van der Waals surface area (Å²) in [7, 11) is 0. The molecule has 3 atom stereocenters. The van der Waals surface area contributed by atoms with Gasteiger partial charge < -0.3 is 5.11 Å². The van der Waals surface area contributed by atoms with E-state index in [0.29, 0.717) is 5.92 Å². The highest BCUT2D eigenvalue weighted by Crippen LogP contribution is 2.24. The van der Waals surface area contributed by atoms with Gasteiger partial charge in [0.15, 0.2) is 0 Å². The predicted molar refractivity (Wildman–Crippen MR) is 41.8 cm³/mol. The van der Waals surface area contributed by atoms with Crippen molar-refractivity contribution in [3.63, 3.8) is 0 Å². The van der Waals surface area contributed by atoms with Crippen molar-refractivity contribution in [2.24, 2.45) is 5.92 Å². The van der Waals surface area contributed by atoms with Gasteiger partial charge in [-0.15, -0.1) is 0 Å². The van der Waals surface area contributed by atoms with Gasteiger partial charge >= 0.3 is 0 Å². The third kappa shape index (κ3) is 1.62. The Morgan fingerprint density at radius 2 is 2.20 bits per heavy atom. The highest BCUT2D eigenvalue weighted by Gasteiger charge is 2.28. The van der Waals surface area contributed by atoms with E-state index in [1.165, 1.54) is 6.42 Å². The predicted octanol–water partition coefficient (Wildman–Crippen LogP) is 1.28. The standard InChI is InChI=1S/C7H14ClNO/c1-5-3-2-4-6(10)7(5)9-8/h5-7,9-10H,2-4H2,1H3/t5-,6-,7+/m1/s1. The number of hydrogen-bond acceptors (Lipinski definition) is 2. The Hall–Kier alpha value is 0.210. The number of nitrogens with one attached hydrogen (secondary N) is 1. The van der Waals surface area contributed by atoms with Gasteiger partial charge in [-0.1, -0.05) is 13.3 Å². The van der Waals surface area contributed by atoms with E-state index >= 15 is 0 Å². The van der Waals surface area contributed by atoms with Crippen LogP contribution in [0.25, 0.3) is 0 Å². The molecule has 1 aliphatic rings. The summed E-state index contributed by atoms with van der Waals surface area (Å²) in [5, 5.41) is 9.39. The molecule has 0 aromatic carbocycles. The molecule has 1 saturated carbocycles. The topological polar surface area (TPSA) is 32.3 Å². The Morgan fingerprint density at radius 3 is 2.60 bits per heavy atom. The zero-order chi connectivity index (χ0) is 7.56. The smallest absolute Gasteiger partial charge is 0.0708 e. The van der Waals surface area contributed by atoms with Gasteiger partial charge in [-0.05, 0) is 30.5 Å². The van der Waals surface area contributed by atoms with E-state index < -0.39 is 0 Å². The van der Waals surface area contributed by atoms with Crippen molar-refractivity contribution in [2.75, 3.05) is 0 Å². The molecule has 0 aromatic rings. The maximum atomic E-state index is 9.39. The molecular weight excluding hydrogens is 150 g/mol. The zero-order valence-corrected chi connectivity index (χ0v) is 6.93. The third-order valence-electron chi connectivity index (χ3n) is 2.31. The van der Waals surface area contributed by atoms with Gasteiger partial charge in [0.2, 0.25) is 0 Å². The fraction of sp³-hybridized carbons (Fsp3) is 1.00. The van der Waals surface area contributed by atoms with Gasteiger partial charge in [0.05, 0.1) is 12.1 Å². The third-order valence-corrected chi connectivity index (χ3v) is 2.56. The van der Waals surface area contributed by atoms with Crippen LogP contribution < -0.4 is 4.84 Å². The molecule has 0 heterocycles. The number of rotatable bonds is 1. The van der Waals surface area contributed by atoms with Crippen molar-refractivity contribution >= 4 is 11.8 Å². The van der Waals surface area contributed by atoms with Crippen LogP contribution in [-0.2, 0) is 0 Å². The van der Waals surface area contributed by atoms with Crippen LogP contribution in [0.3, 0.4) is 0 Å². The average molecular weight is 164 g/mol. The van der Waals surface area contributed by atoms with Crippen LogP contribution in [0.15, 0.2) is 0 Å². The van der Waals surface area contributed by atoms with Crippen molar-refractivity contribution in [1.82, 2.24) is 4.84 Å². The molecule has 10 heavy (non-hydrogen) atoms. The van der Waals surface area contributed by atoms with E-state index in [-0.39, 0.29) is 12.1 Å². The molecule has 0 bridgehead atoms. The number of aliphatic hydroxyl groups is 1. The molecule has 1 fully saturated rings. The minimum atomic E-state index is -0.249. The zero-order valence-electron chi connectivity index (χ0n) is 6.18. The van der Waals surface area contributed by atoms with Gasteiger partial charge in [-0.25, -0.2) is 4.84 Å². The normalized spacial score (nSPS) is 41.7. The highest BCUT2D eigenvalue weighted by atomic mass is 35.5. The molecule has 0 unspecified atom stereocenters. The minimum absolute atomic E-state index is 0.0930. The maximum Gasteiger partial charge on any atom is 0.0708 e. The summed E-state index contributed by atoms with van der Waals surface area (Å²) in [5.74, 6) is 0.501. The maximum absolute atomic E-state index is 9.39. The minimum Gasteiger partial charge on any atom is -0.391 e. The molecule has 3 heteroatoms. The molecule has 0 spiro atoms. The Bertz CT molecular complexity index is 99.8. The molecule has 2 nitrogen and oxygen atoms in total. The van der Waals surface area contributed by atoms with Crippen LogP contribution in [0.1, 0.15) is 26.2 Å². The van der Waals surface area contributed by atoms with Gasteiger partial charge in [-0.3, -0.25) is 0 Å². The van der Waals surface area contributed by atoms with Crippen molar-refractivity contribution in [1.29, 1.82) is 0 Å². The summed E-state index contributed by atoms with van der Waals surface area (Å²) in [6.45, 7) is 2.11. The largest absolute Gasteiger partial charge is 0.391 e. The second-order valence-corrected chi connectivity index (χ2v) is 3.33. The molecule has 1 rings (SSSR count). The Labute approximate surface area is 66.7 Å². The van der Waals surface area contributed by atoms with Crippen LogP contribution in [-0.4, -0.2) is 17.3 Å². The van der Waals surface area contributed by atoms with Crippen LogP contribution >= 0.6 is 11.8 Å². The highest BCUT2D eigenvalue weighted by molar-refractivity contribution is 6.13. The van der Waals surface area contributed by atoms with Crippen molar-refractivity contribution < 1.29 is 5.11 Å². The average Bonchev–Trinajstić information content (AvgIpc) is 1.88. The second-order valence-electron chi connectivity index (χ2n) is 3.11. The van der Waals surface area contributed by atoms with Gasteiger partial charge in [0.1, 0.15) is 0 Å². The van der Waals surface area contributed by atoms with E-state index in [9.17, 15) is 5.11 Å². The molecule has 0 amide bonds. The summed E-state index contributed by atoms with van der Waals surface area (Å²) in [4.78, 5) is 2.63. The number of hydrogen-bond donors (Lipinski definition) is 2. The first kappa shape index (κ1) is 8.31. The molecule has 0 saturated heterocycles. The van der Waals surface area contributed by atoms with Gasteiger partial charge in [-0.2, -0.15) is 0 Å². The van der Waals surface area contributed by atoms with Crippen LogP contribution in [0.4, 0.5) is 0 Å². The first-order chi connectivity index (χ1) is 4.75.